The van der Waals surface area contributed by atoms with E-state index in [-0.39, 0.29) is 35.6 Å². The molecular weight excluding hydrogens is 327 g/mol. The summed E-state index contributed by atoms with van der Waals surface area (Å²) in [6.07, 6.45) is -4.69. The first-order chi connectivity index (χ1) is 11.2. The molecule has 1 aromatic carbocycles. The molecule has 128 valence electrons. The molecule has 1 amide bonds. The monoisotopic (exact) mass is 341 g/mol. The van der Waals surface area contributed by atoms with E-state index in [4.69, 9.17) is 9.52 Å². The molecule has 0 unspecified atom stereocenters. The Hall–Kier alpha value is -2.77. The number of hydrogen-bond acceptors (Lipinski definition) is 3. The summed E-state index contributed by atoms with van der Waals surface area (Å²) in [6, 6.07) is 5.80. The number of aryl methyl sites for hydroxylation is 1. The van der Waals surface area contributed by atoms with Gasteiger partial charge in [0, 0.05) is 0 Å². The number of hydrogen-bond donors (Lipinski definition) is 2. The van der Waals surface area contributed by atoms with Crippen LogP contribution in [0.2, 0.25) is 0 Å². The summed E-state index contributed by atoms with van der Waals surface area (Å²) in [5, 5.41) is 11.4. The lowest BCUT2D eigenvalue weighted by Crippen LogP contribution is -2.24. The molecule has 2 aromatic rings. The van der Waals surface area contributed by atoms with Crippen molar-refractivity contribution in [2.45, 2.75) is 26.1 Å². The van der Waals surface area contributed by atoms with E-state index in [9.17, 15) is 22.8 Å². The first-order valence-corrected chi connectivity index (χ1v) is 6.92. The third-order valence-corrected chi connectivity index (χ3v) is 3.28. The molecule has 0 fully saturated rings. The van der Waals surface area contributed by atoms with E-state index in [0.29, 0.717) is 0 Å². The predicted molar refractivity (Wildman–Crippen MR) is 77.4 cm³/mol. The molecule has 24 heavy (non-hydrogen) atoms. The molecule has 0 bridgehead atoms. The van der Waals surface area contributed by atoms with Gasteiger partial charge in [-0.1, -0.05) is 18.2 Å². The van der Waals surface area contributed by atoms with Crippen LogP contribution in [0.1, 0.15) is 33.0 Å². The van der Waals surface area contributed by atoms with Gasteiger partial charge >= 0.3 is 12.1 Å². The number of carboxylic acid groups (broad SMARTS) is 1. The minimum atomic E-state index is -4.47. The van der Waals surface area contributed by atoms with E-state index < -0.39 is 23.6 Å². The summed E-state index contributed by atoms with van der Waals surface area (Å²) in [5.74, 6) is -1.18. The lowest BCUT2D eigenvalue weighted by Gasteiger charge is -2.08. The Labute approximate surface area is 135 Å². The average molecular weight is 341 g/mol. The molecule has 8 heteroatoms. The largest absolute Gasteiger partial charge is 0.478 e. The molecule has 0 spiro atoms. The minimum Gasteiger partial charge on any atom is -0.478 e. The van der Waals surface area contributed by atoms with E-state index in [1.165, 1.54) is 25.1 Å². The second kappa shape index (κ2) is 6.77. The molecule has 0 aliphatic carbocycles. The standard InChI is InChI=1S/C16H14F3NO4/c1-9-13(15(22)23)7-12(24-9)8-20-14(21)6-10-3-2-4-11(5-10)16(17,18)19/h2-5,7H,6,8H2,1H3,(H,20,21)(H,22,23). The number of benzene rings is 1. The fourth-order valence-corrected chi connectivity index (χ4v) is 2.13. The number of carboxylic acids is 1. The van der Waals surface area contributed by atoms with Gasteiger partial charge in [0.1, 0.15) is 17.1 Å². The number of amides is 1. The lowest BCUT2D eigenvalue weighted by atomic mass is 10.1. The van der Waals surface area contributed by atoms with E-state index in [1.54, 1.807) is 0 Å². The highest BCUT2D eigenvalue weighted by atomic mass is 19.4. The molecule has 5 nitrogen and oxygen atoms in total. The van der Waals surface area contributed by atoms with Crippen LogP contribution < -0.4 is 5.32 Å². The molecule has 0 aliphatic rings. The molecule has 0 aliphatic heterocycles. The van der Waals surface area contributed by atoms with Crippen molar-refractivity contribution in [1.82, 2.24) is 5.32 Å². The highest BCUT2D eigenvalue weighted by Crippen LogP contribution is 2.29. The van der Waals surface area contributed by atoms with Gasteiger partial charge in [-0.2, -0.15) is 13.2 Å². The van der Waals surface area contributed by atoms with Crippen LogP contribution in [-0.4, -0.2) is 17.0 Å². The summed E-state index contributed by atoms with van der Waals surface area (Å²) < 4.78 is 43.1. The molecule has 0 saturated heterocycles. The fraction of sp³-hybridized carbons (Fsp3) is 0.250. The number of carbonyl (C=O) groups is 2. The molecular formula is C16H14F3NO4. The zero-order valence-electron chi connectivity index (χ0n) is 12.6. The zero-order chi connectivity index (χ0) is 17.9. The number of carbonyl (C=O) groups excluding carboxylic acids is 1. The number of rotatable bonds is 5. The van der Waals surface area contributed by atoms with Crippen LogP contribution in [0.4, 0.5) is 13.2 Å². The first-order valence-electron chi connectivity index (χ1n) is 6.92. The number of nitrogens with one attached hydrogen (secondary N) is 1. The third kappa shape index (κ3) is 4.37. The van der Waals surface area contributed by atoms with Crippen LogP contribution >= 0.6 is 0 Å². The average Bonchev–Trinajstić information content (AvgIpc) is 2.86. The Kier molecular flexibility index (Phi) is 4.96. The van der Waals surface area contributed by atoms with Crippen molar-refractivity contribution < 1.29 is 32.3 Å². The maximum Gasteiger partial charge on any atom is 0.416 e. The van der Waals surface area contributed by atoms with Crippen molar-refractivity contribution in [1.29, 1.82) is 0 Å². The Bertz CT molecular complexity index is 765. The highest BCUT2D eigenvalue weighted by Gasteiger charge is 2.30. The van der Waals surface area contributed by atoms with Crippen LogP contribution in [0.25, 0.3) is 0 Å². The first kappa shape index (κ1) is 17.6. The van der Waals surface area contributed by atoms with Crippen LogP contribution in [0, 0.1) is 6.92 Å². The van der Waals surface area contributed by atoms with Gasteiger partial charge in [-0.05, 0) is 24.6 Å². The van der Waals surface area contributed by atoms with Gasteiger partial charge in [0.2, 0.25) is 5.91 Å². The molecule has 2 N–H and O–H groups in total. The minimum absolute atomic E-state index is 0.00266. The second-order valence-electron chi connectivity index (χ2n) is 5.14. The van der Waals surface area contributed by atoms with Crippen LogP contribution in [-0.2, 0) is 23.9 Å². The summed E-state index contributed by atoms with van der Waals surface area (Å²) in [5.41, 5.74) is -0.595. The van der Waals surface area contributed by atoms with E-state index >= 15 is 0 Å². The predicted octanol–water partition coefficient (Wildman–Crippen LogP) is 3.16. The highest BCUT2D eigenvalue weighted by molar-refractivity contribution is 5.88. The molecule has 2 rings (SSSR count). The SMILES string of the molecule is Cc1oc(CNC(=O)Cc2cccc(C(F)(F)F)c2)cc1C(=O)O. The maximum atomic E-state index is 12.6. The number of alkyl halides is 3. The summed E-state index contributed by atoms with van der Waals surface area (Å²) in [7, 11) is 0. The smallest absolute Gasteiger partial charge is 0.416 e. The Morgan fingerprint density at radius 2 is 1.96 bits per heavy atom. The maximum absolute atomic E-state index is 12.6. The molecule has 1 aromatic heterocycles. The van der Waals surface area contributed by atoms with E-state index in [1.807, 2.05) is 0 Å². The van der Waals surface area contributed by atoms with Crippen molar-refractivity contribution >= 4 is 11.9 Å². The van der Waals surface area contributed by atoms with Crippen molar-refractivity contribution in [3.05, 3.63) is 58.5 Å². The zero-order valence-corrected chi connectivity index (χ0v) is 12.6. The Morgan fingerprint density at radius 1 is 1.25 bits per heavy atom. The van der Waals surface area contributed by atoms with Crippen LogP contribution in [0.3, 0.4) is 0 Å². The molecule has 0 radical (unpaired) electrons. The van der Waals surface area contributed by atoms with Crippen molar-refractivity contribution in [3.63, 3.8) is 0 Å². The molecule has 0 saturated carbocycles. The Balaban J connectivity index is 1.97. The topological polar surface area (TPSA) is 79.5 Å². The third-order valence-electron chi connectivity index (χ3n) is 3.28. The normalized spacial score (nSPS) is 11.3. The van der Waals surface area contributed by atoms with E-state index in [2.05, 4.69) is 5.32 Å². The fourth-order valence-electron chi connectivity index (χ4n) is 2.13. The van der Waals surface area contributed by atoms with Crippen molar-refractivity contribution in [2.24, 2.45) is 0 Å². The second-order valence-corrected chi connectivity index (χ2v) is 5.14. The Morgan fingerprint density at radius 3 is 2.54 bits per heavy atom. The van der Waals surface area contributed by atoms with Gasteiger partial charge < -0.3 is 14.8 Å². The quantitative estimate of drug-likeness (QED) is 0.875. The van der Waals surface area contributed by atoms with Crippen molar-refractivity contribution in [2.75, 3.05) is 0 Å². The number of halogens is 3. The van der Waals surface area contributed by atoms with Crippen LogP contribution in [0.5, 0.6) is 0 Å². The lowest BCUT2D eigenvalue weighted by molar-refractivity contribution is -0.137. The van der Waals surface area contributed by atoms with Gasteiger partial charge in [-0.15, -0.1) is 0 Å². The van der Waals surface area contributed by atoms with E-state index in [0.717, 1.165) is 12.1 Å². The summed E-state index contributed by atoms with van der Waals surface area (Å²) in [4.78, 5) is 22.7. The van der Waals surface area contributed by atoms with Crippen molar-refractivity contribution in [3.8, 4) is 0 Å². The van der Waals surface area contributed by atoms with Crippen LogP contribution in [0.15, 0.2) is 34.7 Å². The van der Waals surface area contributed by atoms with Gasteiger partial charge in [-0.3, -0.25) is 4.79 Å². The number of furan rings is 1. The summed E-state index contributed by atoms with van der Waals surface area (Å²) in [6.45, 7) is 1.43. The van der Waals surface area contributed by atoms with Gasteiger partial charge in [0.15, 0.2) is 0 Å². The number of aromatic carboxylic acids is 1. The van der Waals surface area contributed by atoms with Gasteiger partial charge in [0.25, 0.3) is 0 Å². The summed E-state index contributed by atoms with van der Waals surface area (Å²) >= 11 is 0. The molecule has 1 heterocycles. The van der Waals surface area contributed by atoms with Gasteiger partial charge in [0.05, 0.1) is 18.5 Å². The molecule has 0 atom stereocenters. The van der Waals surface area contributed by atoms with Gasteiger partial charge in [-0.25, -0.2) is 4.79 Å².